The third kappa shape index (κ3) is 2.55. The highest BCUT2D eigenvalue weighted by Gasteiger charge is 2.68. The highest BCUT2D eigenvalue weighted by atomic mass is 16.5. The monoisotopic (exact) mass is 413 g/mol. The molecule has 3 saturated carbocycles. The molecule has 0 amide bonds. The second kappa shape index (κ2) is 6.58. The Morgan fingerprint density at radius 1 is 1.07 bits per heavy atom. The number of hydrogen-bond donors (Lipinski definition) is 2. The maximum atomic E-state index is 10.3. The summed E-state index contributed by atoms with van der Waals surface area (Å²) in [7, 11) is 0. The van der Waals surface area contributed by atoms with Gasteiger partial charge < -0.3 is 9.84 Å². The number of fused-ring (bicyclic) bond motifs is 7. The van der Waals surface area contributed by atoms with Crippen LogP contribution in [-0.4, -0.2) is 29.6 Å². The van der Waals surface area contributed by atoms with E-state index < -0.39 is 0 Å². The highest BCUT2D eigenvalue weighted by Crippen LogP contribution is 2.70. The van der Waals surface area contributed by atoms with E-state index >= 15 is 0 Å². The summed E-state index contributed by atoms with van der Waals surface area (Å²) < 4.78 is 7.00. The average Bonchev–Trinajstić information content (AvgIpc) is 3.16. The lowest BCUT2D eigenvalue weighted by Gasteiger charge is -2.58. The van der Waals surface area contributed by atoms with E-state index in [1.807, 2.05) is 0 Å². The first-order valence-corrected chi connectivity index (χ1v) is 13.1. The molecule has 3 nitrogen and oxygen atoms in total. The Kier molecular flexibility index (Phi) is 4.44. The summed E-state index contributed by atoms with van der Waals surface area (Å²) in [5.41, 5.74) is 2.33. The molecule has 6 aliphatic rings. The van der Waals surface area contributed by atoms with Gasteiger partial charge in [0.15, 0.2) is 0 Å². The fourth-order valence-electron chi connectivity index (χ4n) is 9.84. The molecule has 4 aliphatic carbocycles. The van der Waals surface area contributed by atoms with Gasteiger partial charge in [-0.05, 0) is 98.2 Å². The van der Waals surface area contributed by atoms with Crippen LogP contribution in [-0.2, 0) is 4.74 Å². The summed E-state index contributed by atoms with van der Waals surface area (Å²) in [6.45, 7) is 11.2. The van der Waals surface area contributed by atoms with Crippen molar-refractivity contribution in [3.05, 3.63) is 11.6 Å². The number of rotatable bonds is 0. The Labute approximate surface area is 183 Å². The molecule has 0 aromatic heterocycles. The minimum absolute atomic E-state index is 0.0439. The maximum Gasteiger partial charge on any atom is 0.122 e. The van der Waals surface area contributed by atoms with Crippen LogP contribution in [0.3, 0.4) is 0 Å². The fourth-order valence-corrected chi connectivity index (χ4v) is 9.84. The lowest BCUT2D eigenvalue weighted by molar-refractivity contribution is -0.115. The van der Waals surface area contributed by atoms with Crippen molar-refractivity contribution >= 4 is 0 Å². The van der Waals surface area contributed by atoms with E-state index in [4.69, 9.17) is 4.74 Å². The Hall–Kier alpha value is -0.380. The summed E-state index contributed by atoms with van der Waals surface area (Å²) >= 11 is 0. The summed E-state index contributed by atoms with van der Waals surface area (Å²) in [5.74, 6) is 4.58. The van der Waals surface area contributed by atoms with Crippen molar-refractivity contribution in [2.75, 3.05) is 6.54 Å². The number of aliphatic hydroxyl groups is 1. The van der Waals surface area contributed by atoms with E-state index in [0.717, 1.165) is 49.0 Å². The lowest BCUT2D eigenvalue weighted by atomic mass is 9.47. The van der Waals surface area contributed by atoms with Crippen LogP contribution in [0.2, 0.25) is 0 Å². The van der Waals surface area contributed by atoms with Gasteiger partial charge in [0.05, 0.1) is 12.2 Å². The molecule has 2 aliphatic heterocycles. The van der Waals surface area contributed by atoms with E-state index in [0.29, 0.717) is 22.9 Å². The summed E-state index contributed by atoms with van der Waals surface area (Å²) in [6.07, 6.45) is 13.8. The largest absolute Gasteiger partial charge is 0.393 e. The number of piperidine rings is 1. The maximum absolute atomic E-state index is 10.3. The van der Waals surface area contributed by atoms with Crippen molar-refractivity contribution in [2.24, 2.45) is 46.3 Å². The van der Waals surface area contributed by atoms with Crippen LogP contribution in [0.1, 0.15) is 85.5 Å². The zero-order valence-corrected chi connectivity index (χ0v) is 19.6. The van der Waals surface area contributed by atoms with Gasteiger partial charge in [0.2, 0.25) is 0 Å². The normalized spacial score (nSPS) is 59.8. The van der Waals surface area contributed by atoms with Gasteiger partial charge >= 0.3 is 0 Å². The van der Waals surface area contributed by atoms with E-state index in [1.54, 1.807) is 5.57 Å². The van der Waals surface area contributed by atoms with Crippen LogP contribution in [0.5, 0.6) is 0 Å². The van der Waals surface area contributed by atoms with Crippen molar-refractivity contribution in [3.8, 4) is 0 Å². The second-order valence-corrected chi connectivity index (χ2v) is 12.8. The van der Waals surface area contributed by atoms with Gasteiger partial charge in [0.25, 0.3) is 0 Å². The van der Waals surface area contributed by atoms with Crippen LogP contribution < -0.4 is 5.32 Å². The van der Waals surface area contributed by atoms with Gasteiger partial charge in [-0.25, -0.2) is 0 Å². The Balaban J connectivity index is 1.28. The van der Waals surface area contributed by atoms with Crippen molar-refractivity contribution in [3.63, 3.8) is 0 Å². The van der Waals surface area contributed by atoms with Crippen molar-refractivity contribution < 1.29 is 9.84 Å². The molecule has 5 fully saturated rings. The Bertz CT molecular complexity index is 739. The van der Waals surface area contributed by atoms with Gasteiger partial charge in [-0.1, -0.05) is 39.3 Å². The molecule has 8 unspecified atom stereocenters. The molecule has 6 rings (SSSR count). The van der Waals surface area contributed by atoms with Crippen LogP contribution in [0.4, 0.5) is 0 Å². The predicted octanol–water partition coefficient (Wildman–Crippen LogP) is 5.29. The number of ether oxygens (including phenoxy) is 1. The molecule has 2 saturated heterocycles. The number of hydrogen-bond acceptors (Lipinski definition) is 3. The molecule has 0 bridgehead atoms. The molecular weight excluding hydrogens is 370 g/mol. The SMILES string of the molecule is CC1CC[C@@]2(NC1)OC1CC3C4CC=C5CC(O)CC[C@]5(C)C4CC[C@]3(C)C1C2C. The number of allylic oxidation sites excluding steroid dienone is 1. The summed E-state index contributed by atoms with van der Waals surface area (Å²) in [6, 6.07) is 0. The minimum Gasteiger partial charge on any atom is -0.393 e. The molecule has 0 radical (unpaired) electrons. The topological polar surface area (TPSA) is 41.5 Å². The molecule has 0 aromatic carbocycles. The van der Waals surface area contributed by atoms with Crippen molar-refractivity contribution in [1.82, 2.24) is 5.32 Å². The van der Waals surface area contributed by atoms with Crippen molar-refractivity contribution in [2.45, 2.75) is 103 Å². The lowest BCUT2D eigenvalue weighted by Crippen LogP contribution is -2.57. The van der Waals surface area contributed by atoms with Crippen LogP contribution >= 0.6 is 0 Å². The van der Waals surface area contributed by atoms with Gasteiger partial charge in [-0.15, -0.1) is 0 Å². The molecule has 0 aromatic rings. The summed E-state index contributed by atoms with van der Waals surface area (Å²) in [4.78, 5) is 0. The van der Waals surface area contributed by atoms with E-state index in [9.17, 15) is 5.11 Å². The number of aliphatic hydroxyl groups excluding tert-OH is 1. The quantitative estimate of drug-likeness (QED) is 0.530. The average molecular weight is 414 g/mol. The molecule has 168 valence electrons. The standard InChI is InChI=1S/C27H43NO2/c1-16-7-12-27(28-15-16)17(2)24-23(30-27)14-22-20-6-5-18-13-19(29)8-10-25(18,3)21(20)9-11-26(22,24)4/h5,16-17,19-24,28-29H,6-15H2,1-4H3/t16?,17?,19?,20?,21?,22?,23?,24?,25-,26-,27+/m0/s1. The second-order valence-electron chi connectivity index (χ2n) is 12.8. The van der Waals surface area contributed by atoms with Gasteiger partial charge in [0, 0.05) is 12.5 Å². The third-order valence-corrected chi connectivity index (χ3v) is 11.6. The molecule has 11 atom stereocenters. The molecule has 3 heteroatoms. The van der Waals surface area contributed by atoms with E-state index in [1.165, 1.54) is 44.9 Å². The fraction of sp³-hybridized carbons (Fsp3) is 0.926. The first-order chi connectivity index (χ1) is 14.3. The Morgan fingerprint density at radius 2 is 1.90 bits per heavy atom. The summed E-state index contributed by atoms with van der Waals surface area (Å²) in [5, 5.41) is 14.1. The Morgan fingerprint density at radius 3 is 2.67 bits per heavy atom. The molecular formula is C27H43NO2. The first kappa shape index (κ1) is 20.2. The predicted molar refractivity (Wildman–Crippen MR) is 120 cm³/mol. The zero-order chi connectivity index (χ0) is 20.9. The highest BCUT2D eigenvalue weighted by molar-refractivity contribution is 5.26. The third-order valence-electron chi connectivity index (χ3n) is 11.6. The van der Waals surface area contributed by atoms with Crippen LogP contribution in [0, 0.1) is 46.3 Å². The number of nitrogens with one attached hydrogen (secondary N) is 1. The van der Waals surface area contributed by atoms with Gasteiger partial charge in [-0.3, -0.25) is 5.32 Å². The minimum atomic E-state index is -0.100. The van der Waals surface area contributed by atoms with Gasteiger partial charge in [0.1, 0.15) is 5.72 Å². The molecule has 2 N–H and O–H groups in total. The first-order valence-electron chi connectivity index (χ1n) is 13.1. The van der Waals surface area contributed by atoms with E-state index in [2.05, 4.69) is 39.1 Å². The van der Waals surface area contributed by atoms with Gasteiger partial charge in [-0.2, -0.15) is 0 Å². The molecule has 2 heterocycles. The van der Waals surface area contributed by atoms with Crippen molar-refractivity contribution in [1.29, 1.82) is 0 Å². The molecule has 1 spiro atoms. The van der Waals surface area contributed by atoms with Crippen LogP contribution in [0.25, 0.3) is 0 Å². The van der Waals surface area contributed by atoms with Crippen LogP contribution in [0.15, 0.2) is 11.6 Å². The smallest absolute Gasteiger partial charge is 0.122 e. The zero-order valence-electron chi connectivity index (χ0n) is 19.6. The van der Waals surface area contributed by atoms with E-state index in [-0.39, 0.29) is 11.8 Å². The molecule has 30 heavy (non-hydrogen) atoms.